The lowest BCUT2D eigenvalue weighted by Crippen LogP contribution is -1.92. The fourth-order valence-corrected chi connectivity index (χ4v) is 0.686. The van der Waals surface area contributed by atoms with Crippen LogP contribution in [0.1, 0.15) is 12.5 Å². The molecule has 0 saturated heterocycles. The summed E-state index contributed by atoms with van der Waals surface area (Å²) in [6.45, 7) is 2.83. The van der Waals surface area contributed by atoms with Crippen molar-refractivity contribution in [2.45, 2.75) is 13.5 Å². The van der Waals surface area contributed by atoms with Gasteiger partial charge in [0.2, 0.25) is 0 Å². The Morgan fingerprint density at radius 1 is 1.90 bits per heavy atom. The van der Waals surface area contributed by atoms with Gasteiger partial charge in [0.25, 0.3) is 0 Å². The minimum absolute atomic E-state index is 0.810. The van der Waals surface area contributed by atoms with E-state index in [1.54, 1.807) is 17.1 Å². The Morgan fingerprint density at radius 3 is 3.20 bits per heavy atom. The average molecular weight is 139 g/mol. The summed E-state index contributed by atoms with van der Waals surface area (Å²) in [7, 11) is 0. The number of aromatic nitrogens is 2. The van der Waals surface area contributed by atoms with Crippen LogP contribution in [-0.2, 0) is 6.54 Å². The predicted molar refractivity (Wildman–Crippen MR) is 37.3 cm³/mol. The molecule has 0 aliphatic carbocycles. The molecule has 1 aromatic rings. The summed E-state index contributed by atoms with van der Waals surface area (Å²) in [6.07, 6.45) is 4.79. The van der Waals surface area contributed by atoms with Crippen molar-refractivity contribution in [3.8, 4) is 0 Å². The van der Waals surface area contributed by atoms with Gasteiger partial charge in [-0.15, -0.1) is 0 Å². The van der Waals surface area contributed by atoms with Crippen LogP contribution < -0.4 is 0 Å². The van der Waals surface area contributed by atoms with Crippen LogP contribution in [0, 0.1) is 0 Å². The van der Waals surface area contributed by atoms with E-state index in [9.17, 15) is 0 Å². The largest absolute Gasteiger partial charge is 0.411 e. The molecule has 0 aromatic carbocycles. The highest BCUT2D eigenvalue weighted by atomic mass is 16.4. The Balaban J connectivity index is 2.78. The Labute approximate surface area is 58.8 Å². The molecule has 0 bridgehead atoms. The van der Waals surface area contributed by atoms with Crippen molar-refractivity contribution in [1.29, 1.82) is 0 Å². The lowest BCUT2D eigenvalue weighted by molar-refractivity contribution is 0.322. The maximum absolute atomic E-state index is 8.13. The second-order valence-corrected chi connectivity index (χ2v) is 1.87. The first-order valence-corrected chi connectivity index (χ1v) is 3.06. The third-order valence-electron chi connectivity index (χ3n) is 1.18. The van der Waals surface area contributed by atoms with Gasteiger partial charge in [-0.2, -0.15) is 5.10 Å². The molecule has 1 heterocycles. The maximum Gasteiger partial charge on any atom is 0.0765 e. The lowest BCUT2D eigenvalue weighted by Gasteiger charge is -1.88. The molecule has 4 heteroatoms. The van der Waals surface area contributed by atoms with Gasteiger partial charge in [0.15, 0.2) is 0 Å². The number of hydrogen-bond donors (Lipinski definition) is 1. The van der Waals surface area contributed by atoms with E-state index in [0.717, 1.165) is 12.1 Å². The minimum atomic E-state index is 0.810. The van der Waals surface area contributed by atoms with Crippen LogP contribution in [0.15, 0.2) is 17.5 Å². The van der Waals surface area contributed by atoms with Crippen molar-refractivity contribution in [3.63, 3.8) is 0 Å². The van der Waals surface area contributed by atoms with Crippen molar-refractivity contribution < 1.29 is 5.21 Å². The smallest absolute Gasteiger partial charge is 0.0765 e. The SMILES string of the molecule is CCn1cc(/C=N/O)cn1. The fraction of sp³-hybridized carbons (Fsp3) is 0.333. The van der Waals surface area contributed by atoms with Gasteiger partial charge in [0.1, 0.15) is 0 Å². The first-order valence-electron chi connectivity index (χ1n) is 3.06. The van der Waals surface area contributed by atoms with Gasteiger partial charge in [-0.05, 0) is 6.92 Å². The molecule has 54 valence electrons. The zero-order valence-corrected chi connectivity index (χ0v) is 5.73. The van der Waals surface area contributed by atoms with Gasteiger partial charge in [-0.1, -0.05) is 5.16 Å². The second kappa shape index (κ2) is 3.00. The Kier molecular flexibility index (Phi) is 2.04. The summed E-state index contributed by atoms with van der Waals surface area (Å²) in [5, 5.41) is 15.0. The topological polar surface area (TPSA) is 50.4 Å². The number of nitrogens with zero attached hydrogens (tertiary/aromatic N) is 3. The molecular formula is C6H9N3O. The first kappa shape index (κ1) is 6.80. The average Bonchev–Trinajstić information content (AvgIpc) is 2.37. The summed E-state index contributed by atoms with van der Waals surface area (Å²) in [4.78, 5) is 0. The van der Waals surface area contributed by atoms with E-state index in [-0.39, 0.29) is 0 Å². The van der Waals surface area contributed by atoms with Crippen molar-refractivity contribution >= 4 is 6.21 Å². The molecule has 0 aliphatic rings. The number of hydrogen-bond acceptors (Lipinski definition) is 3. The third kappa shape index (κ3) is 1.34. The monoisotopic (exact) mass is 139 g/mol. The summed E-state index contributed by atoms with van der Waals surface area (Å²) in [6, 6.07) is 0. The fourth-order valence-electron chi connectivity index (χ4n) is 0.686. The first-order chi connectivity index (χ1) is 4.86. The van der Waals surface area contributed by atoms with Crippen molar-refractivity contribution in [1.82, 2.24) is 9.78 Å². The molecule has 10 heavy (non-hydrogen) atoms. The summed E-state index contributed by atoms with van der Waals surface area (Å²) in [5.41, 5.74) is 0.810. The quantitative estimate of drug-likeness (QED) is 0.372. The molecular weight excluding hydrogens is 130 g/mol. The molecule has 0 fully saturated rings. The third-order valence-corrected chi connectivity index (χ3v) is 1.18. The molecule has 4 nitrogen and oxygen atoms in total. The van der Waals surface area contributed by atoms with E-state index >= 15 is 0 Å². The molecule has 1 N–H and O–H groups in total. The van der Waals surface area contributed by atoms with Crippen molar-refractivity contribution in [3.05, 3.63) is 18.0 Å². The number of oxime groups is 1. The van der Waals surface area contributed by atoms with Gasteiger partial charge >= 0.3 is 0 Å². The van der Waals surface area contributed by atoms with Crippen LogP contribution in [0.4, 0.5) is 0 Å². The second-order valence-electron chi connectivity index (χ2n) is 1.87. The van der Waals surface area contributed by atoms with Gasteiger partial charge in [0, 0.05) is 18.3 Å². The maximum atomic E-state index is 8.13. The predicted octanol–water partition coefficient (Wildman–Crippen LogP) is 0.711. The highest BCUT2D eigenvalue weighted by molar-refractivity contribution is 5.77. The Hall–Kier alpha value is -1.32. The normalized spacial score (nSPS) is 10.9. The van der Waals surface area contributed by atoms with Crippen LogP contribution in [0.3, 0.4) is 0 Å². The van der Waals surface area contributed by atoms with Crippen LogP contribution in [0.2, 0.25) is 0 Å². The van der Waals surface area contributed by atoms with Crippen molar-refractivity contribution in [2.75, 3.05) is 0 Å². The zero-order chi connectivity index (χ0) is 7.40. The van der Waals surface area contributed by atoms with Crippen molar-refractivity contribution in [2.24, 2.45) is 5.16 Å². The van der Waals surface area contributed by atoms with Crippen LogP contribution in [0.25, 0.3) is 0 Å². The van der Waals surface area contributed by atoms with E-state index in [0.29, 0.717) is 0 Å². The standard InChI is InChI=1S/C6H9N3O/c1-2-9-5-6(3-7-9)4-8-10/h3-5,10H,2H2,1H3/b8-4+. The summed E-state index contributed by atoms with van der Waals surface area (Å²) in [5.74, 6) is 0. The van der Waals surface area contributed by atoms with Crippen LogP contribution >= 0.6 is 0 Å². The summed E-state index contributed by atoms with van der Waals surface area (Å²) < 4.78 is 1.76. The van der Waals surface area contributed by atoms with Gasteiger partial charge in [-0.3, -0.25) is 4.68 Å². The molecule has 0 unspecified atom stereocenters. The summed E-state index contributed by atoms with van der Waals surface area (Å²) >= 11 is 0. The zero-order valence-electron chi connectivity index (χ0n) is 5.73. The molecule has 0 spiro atoms. The van der Waals surface area contributed by atoms with Gasteiger partial charge in [0.05, 0.1) is 12.4 Å². The molecule has 0 atom stereocenters. The van der Waals surface area contributed by atoms with E-state index < -0.39 is 0 Å². The highest BCUT2D eigenvalue weighted by Gasteiger charge is 1.91. The van der Waals surface area contributed by atoms with E-state index in [1.165, 1.54) is 6.21 Å². The lowest BCUT2D eigenvalue weighted by atomic mass is 10.4. The molecule has 1 rings (SSSR count). The Morgan fingerprint density at radius 2 is 2.70 bits per heavy atom. The number of rotatable bonds is 2. The number of aryl methyl sites for hydroxylation is 1. The molecule has 0 amide bonds. The highest BCUT2D eigenvalue weighted by Crippen LogP contribution is 1.92. The molecule has 1 aromatic heterocycles. The van der Waals surface area contributed by atoms with E-state index in [2.05, 4.69) is 10.3 Å². The van der Waals surface area contributed by atoms with E-state index in [1.807, 2.05) is 6.92 Å². The molecule has 0 aliphatic heterocycles. The van der Waals surface area contributed by atoms with Gasteiger partial charge in [-0.25, -0.2) is 0 Å². The van der Waals surface area contributed by atoms with Crippen LogP contribution in [0.5, 0.6) is 0 Å². The minimum Gasteiger partial charge on any atom is -0.411 e. The van der Waals surface area contributed by atoms with Gasteiger partial charge < -0.3 is 5.21 Å². The molecule has 0 radical (unpaired) electrons. The molecule has 0 saturated carbocycles. The Bertz CT molecular complexity index is 229. The van der Waals surface area contributed by atoms with E-state index in [4.69, 9.17) is 5.21 Å². The van der Waals surface area contributed by atoms with Crippen LogP contribution in [-0.4, -0.2) is 21.2 Å².